The molecule has 0 saturated carbocycles. The van der Waals surface area contributed by atoms with Crippen LogP contribution in [-0.2, 0) is 22.5 Å². The molecule has 0 aliphatic carbocycles. The van der Waals surface area contributed by atoms with Gasteiger partial charge < -0.3 is 14.5 Å². The van der Waals surface area contributed by atoms with Crippen LogP contribution in [0.3, 0.4) is 0 Å². The fourth-order valence-corrected chi connectivity index (χ4v) is 3.10. The molecule has 0 unspecified atom stereocenters. The molecular weight excluding hydrogens is 330 g/mol. The van der Waals surface area contributed by atoms with Gasteiger partial charge in [-0.05, 0) is 43.0 Å². The number of aromatic nitrogens is 3. The predicted octanol–water partition coefficient (Wildman–Crippen LogP) is 1.51. The topological polar surface area (TPSA) is 63.5 Å². The van der Waals surface area contributed by atoms with Crippen LogP contribution in [0.2, 0.25) is 0 Å². The lowest BCUT2D eigenvalue weighted by Crippen LogP contribution is -2.46. The van der Waals surface area contributed by atoms with Crippen molar-refractivity contribution < 1.29 is 9.53 Å². The fraction of sp³-hybridized carbons (Fsp3) is 0.526. The molecule has 1 saturated heterocycles. The number of hydrogen-bond acceptors (Lipinski definition) is 5. The Bertz CT molecular complexity index is 743. The van der Waals surface area contributed by atoms with Gasteiger partial charge in [-0.1, -0.05) is 0 Å². The maximum Gasteiger partial charge on any atom is 0.244 e. The molecule has 0 radical (unpaired) electrons. The second kappa shape index (κ2) is 8.31. The molecule has 1 fully saturated rings. The van der Waals surface area contributed by atoms with Gasteiger partial charge in [-0.15, -0.1) is 0 Å². The third kappa shape index (κ3) is 4.82. The molecule has 0 aromatic carbocycles. The lowest BCUT2D eigenvalue weighted by molar-refractivity contribution is -0.139. The summed E-state index contributed by atoms with van der Waals surface area (Å²) in [6.07, 6.45) is 7.38. The molecule has 1 aliphatic heterocycles. The van der Waals surface area contributed by atoms with Crippen molar-refractivity contribution in [2.45, 2.75) is 32.4 Å². The zero-order valence-corrected chi connectivity index (χ0v) is 15.8. The van der Waals surface area contributed by atoms with Crippen LogP contribution in [0.5, 0.6) is 0 Å². The smallest absolute Gasteiger partial charge is 0.244 e. The fourth-order valence-electron chi connectivity index (χ4n) is 3.10. The van der Waals surface area contributed by atoms with Crippen molar-refractivity contribution in [1.82, 2.24) is 19.7 Å². The van der Waals surface area contributed by atoms with Gasteiger partial charge in [0.2, 0.25) is 5.91 Å². The van der Waals surface area contributed by atoms with Gasteiger partial charge in [-0.25, -0.2) is 4.98 Å². The van der Waals surface area contributed by atoms with E-state index >= 15 is 0 Å². The molecule has 2 aromatic heterocycles. The van der Waals surface area contributed by atoms with E-state index in [9.17, 15) is 4.79 Å². The van der Waals surface area contributed by atoms with E-state index in [-0.39, 0.29) is 18.6 Å². The molecule has 3 heterocycles. The Morgan fingerprint density at radius 1 is 1.42 bits per heavy atom. The highest BCUT2D eigenvalue weighted by Crippen LogP contribution is 2.16. The Morgan fingerprint density at radius 3 is 3.00 bits per heavy atom. The molecule has 7 nitrogen and oxygen atoms in total. The maximum absolute atomic E-state index is 12.5. The number of aryl methyl sites for hydroxylation is 2. The lowest BCUT2D eigenvalue weighted by Gasteiger charge is -2.33. The molecule has 0 bridgehead atoms. The van der Waals surface area contributed by atoms with Crippen molar-refractivity contribution in [1.29, 1.82) is 0 Å². The monoisotopic (exact) mass is 357 g/mol. The highest BCUT2D eigenvalue weighted by Gasteiger charge is 2.24. The van der Waals surface area contributed by atoms with E-state index in [0.29, 0.717) is 19.7 Å². The van der Waals surface area contributed by atoms with Crippen molar-refractivity contribution in [2.24, 2.45) is 0 Å². The molecule has 2 aromatic rings. The Hall–Kier alpha value is -2.41. The maximum atomic E-state index is 12.5. The number of carbonyl (C=O) groups is 1. The Kier molecular flexibility index (Phi) is 5.88. The molecule has 26 heavy (non-hydrogen) atoms. The van der Waals surface area contributed by atoms with Gasteiger partial charge in [-0.3, -0.25) is 9.48 Å². The minimum absolute atomic E-state index is 0.0722. The first-order chi connectivity index (χ1) is 12.5. The molecule has 1 amide bonds. The molecule has 0 spiro atoms. The average molecular weight is 357 g/mol. The number of hydrogen-bond donors (Lipinski definition) is 0. The molecule has 1 aliphatic rings. The van der Waals surface area contributed by atoms with Crippen molar-refractivity contribution in [3.8, 4) is 0 Å². The summed E-state index contributed by atoms with van der Waals surface area (Å²) in [5.74, 6) is 1.05. The van der Waals surface area contributed by atoms with Crippen LogP contribution in [0.1, 0.15) is 17.5 Å². The first-order valence-electron chi connectivity index (χ1n) is 9.02. The lowest BCUT2D eigenvalue weighted by atomic mass is 10.1. The summed E-state index contributed by atoms with van der Waals surface area (Å²) >= 11 is 0. The molecular formula is C19H27N5O2. The third-order valence-electron chi connectivity index (χ3n) is 4.57. The first kappa shape index (κ1) is 18.4. The van der Waals surface area contributed by atoms with Gasteiger partial charge in [0, 0.05) is 39.6 Å². The molecule has 0 N–H and O–H groups in total. The van der Waals surface area contributed by atoms with Crippen LogP contribution < -0.4 is 4.90 Å². The zero-order valence-electron chi connectivity index (χ0n) is 15.8. The largest absolute Gasteiger partial charge is 0.375 e. The van der Waals surface area contributed by atoms with Crippen LogP contribution in [0.25, 0.3) is 0 Å². The number of amides is 1. The van der Waals surface area contributed by atoms with Gasteiger partial charge in [-0.2, -0.15) is 5.10 Å². The van der Waals surface area contributed by atoms with Crippen molar-refractivity contribution in [3.05, 3.63) is 41.9 Å². The summed E-state index contributed by atoms with van der Waals surface area (Å²) in [5, 5.41) is 4.20. The summed E-state index contributed by atoms with van der Waals surface area (Å²) < 4.78 is 7.57. The van der Waals surface area contributed by atoms with Crippen LogP contribution in [0.15, 0.2) is 30.7 Å². The van der Waals surface area contributed by atoms with Crippen LogP contribution >= 0.6 is 0 Å². The van der Waals surface area contributed by atoms with Gasteiger partial charge in [0.1, 0.15) is 12.4 Å². The number of anilines is 1. The zero-order chi connectivity index (χ0) is 18.5. The van der Waals surface area contributed by atoms with E-state index in [4.69, 9.17) is 4.74 Å². The van der Waals surface area contributed by atoms with Crippen molar-refractivity contribution in [2.75, 3.05) is 38.7 Å². The predicted molar refractivity (Wildman–Crippen MR) is 100 cm³/mol. The summed E-state index contributed by atoms with van der Waals surface area (Å²) in [5.41, 5.74) is 2.30. The standard InChI is InChI=1S/C19H27N5O2/c1-15-11-21-24(12-15)14-19(25)23-8-9-26-17(13-23)5-4-16-6-7-20-18(10-16)22(2)3/h6-7,10-12,17H,4-5,8-9,13-14H2,1-3H3/t17-/m1/s1. The number of pyridine rings is 1. The Morgan fingerprint density at radius 2 is 2.27 bits per heavy atom. The van der Waals surface area contributed by atoms with E-state index in [0.717, 1.165) is 24.2 Å². The van der Waals surface area contributed by atoms with Crippen LogP contribution in [-0.4, -0.2) is 65.5 Å². The first-order valence-corrected chi connectivity index (χ1v) is 9.02. The SMILES string of the molecule is Cc1cnn(CC(=O)N2CCO[C@H](CCc3ccnc(N(C)C)c3)C2)c1. The normalized spacial score (nSPS) is 17.3. The average Bonchev–Trinajstić information content (AvgIpc) is 3.05. The van der Waals surface area contributed by atoms with Crippen LogP contribution in [0, 0.1) is 6.92 Å². The van der Waals surface area contributed by atoms with Crippen molar-refractivity contribution >= 4 is 11.7 Å². The number of ether oxygens (including phenoxy) is 1. The molecule has 140 valence electrons. The van der Waals surface area contributed by atoms with Gasteiger partial charge in [0.25, 0.3) is 0 Å². The number of morpholine rings is 1. The van der Waals surface area contributed by atoms with E-state index in [1.807, 2.05) is 49.3 Å². The molecule has 1 atom stereocenters. The van der Waals surface area contributed by atoms with Crippen LogP contribution in [0.4, 0.5) is 5.82 Å². The Labute approximate surface area is 154 Å². The third-order valence-corrected chi connectivity index (χ3v) is 4.57. The van der Waals surface area contributed by atoms with Gasteiger partial charge >= 0.3 is 0 Å². The van der Waals surface area contributed by atoms with Crippen molar-refractivity contribution in [3.63, 3.8) is 0 Å². The quantitative estimate of drug-likeness (QED) is 0.784. The minimum atomic E-state index is 0.0722. The molecule has 7 heteroatoms. The number of nitrogens with zero attached hydrogens (tertiary/aromatic N) is 5. The van der Waals surface area contributed by atoms with E-state index in [1.54, 1.807) is 10.9 Å². The molecule has 3 rings (SSSR count). The highest BCUT2D eigenvalue weighted by molar-refractivity contribution is 5.76. The number of rotatable bonds is 6. The minimum Gasteiger partial charge on any atom is -0.375 e. The van der Waals surface area contributed by atoms with E-state index in [2.05, 4.69) is 16.1 Å². The van der Waals surface area contributed by atoms with E-state index in [1.165, 1.54) is 5.56 Å². The second-order valence-corrected chi connectivity index (χ2v) is 7.00. The summed E-state index contributed by atoms with van der Waals surface area (Å²) in [6, 6.07) is 4.14. The summed E-state index contributed by atoms with van der Waals surface area (Å²) in [4.78, 5) is 20.7. The number of carbonyl (C=O) groups excluding carboxylic acids is 1. The van der Waals surface area contributed by atoms with Gasteiger partial charge in [0.15, 0.2) is 0 Å². The summed E-state index contributed by atoms with van der Waals surface area (Å²) in [6.45, 7) is 4.14. The summed E-state index contributed by atoms with van der Waals surface area (Å²) in [7, 11) is 3.97. The highest BCUT2D eigenvalue weighted by atomic mass is 16.5. The van der Waals surface area contributed by atoms with Gasteiger partial charge in [0.05, 0.1) is 18.9 Å². The van der Waals surface area contributed by atoms with E-state index < -0.39 is 0 Å². The second-order valence-electron chi connectivity index (χ2n) is 7.00. The Balaban J connectivity index is 1.52.